The molecule has 0 radical (unpaired) electrons. The fourth-order valence-corrected chi connectivity index (χ4v) is 2.20. The largest absolute Gasteiger partial charge is 0.353 e. The van der Waals surface area contributed by atoms with E-state index < -0.39 is 0 Å². The molecule has 0 aliphatic heterocycles. The number of carbonyl (C=O) groups excluding carboxylic acids is 1. The van der Waals surface area contributed by atoms with Crippen molar-refractivity contribution in [3.63, 3.8) is 0 Å². The molecule has 0 unspecified atom stereocenters. The van der Waals surface area contributed by atoms with Crippen LogP contribution < -0.4 is 4.90 Å². The zero-order chi connectivity index (χ0) is 13.1. The third-order valence-electron chi connectivity index (χ3n) is 3.41. The van der Waals surface area contributed by atoms with E-state index in [0.29, 0.717) is 17.5 Å². The van der Waals surface area contributed by atoms with E-state index in [2.05, 4.69) is 23.7 Å². The second kappa shape index (κ2) is 5.51. The first-order valence-electron chi connectivity index (χ1n) is 6.80. The first kappa shape index (κ1) is 13.1. The monoisotopic (exact) mass is 246 g/mol. The number of aryl methyl sites for hydroxylation is 1. The number of anilines is 1. The van der Waals surface area contributed by atoms with E-state index in [0.717, 1.165) is 24.2 Å². The SMILES string of the molecule is Cc1cc(C=O)cnc1N(CCC(C)C)C1CC1. The number of aromatic nitrogens is 1. The van der Waals surface area contributed by atoms with E-state index in [-0.39, 0.29) is 0 Å². The Labute approximate surface area is 109 Å². The van der Waals surface area contributed by atoms with Gasteiger partial charge in [-0.15, -0.1) is 0 Å². The molecule has 1 saturated carbocycles. The molecular weight excluding hydrogens is 224 g/mol. The van der Waals surface area contributed by atoms with Gasteiger partial charge in [0.15, 0.2) is 6.29 Å². The van der Waals surface area contributed by atoms with Crippen LogP contribution in [0.15, 0.2) is 12.3 Å². The summed E-state index contributed by atoms with van der Waals surface area (Å²) in [6.07, 6.45) is 6.27. The predicted molar refractivity (Wildman–Crippen MR) is 74.2 cm³/mol. The fourth-order valence-electron chi connectivity index (χ4n) is 2.20. The molecule has 0 aromatic carbocycles. The van der Waals surface area contributed by atoms with E-state index in [1.54, 1.807) is 6.20 Å². The summed E-state index contributed by atoms with van der Waals surface area (Å²) in [6, 6.07) is 2.59. The Morgan fingerprint density at radius 1 is 1.50 bits per heavy atom. The van der Waals surface area contributed by atoms with E-state index in [1.807, 2.05) is 13.0 Å². The van der Waals surface area contributed by atoms with Crippen LogP contribution in [0.4, 0.5) is 5.82 Å². The third kappa shape index (κ3) is 3.09. The zero-order valence-corrected chi connectivity index (χ0v) is 11.5. The lowest BCUT2D eigenvalue weighted by Gasteiger charge is -2.26. The van der Waals surface area contributed by atoms with Crippen LogP contribution in [0.2, 0.25) is 0 Å². The summed E-state index contributed by atoms with van der Waals surface area (Å²) in [4.78, 5) is 17.7. The number of nitrogens with zero attached hydrogens (tertiary/aromatic N) is 2. The molecule has 3 heteroatoms. The van der Waals surface area contributed by atoms with Crippen molar-refractivity contribution in [2.75, 3.05) is 11.4 Å². The quantitative estimate of drug-likeness (QED) is 0.723. The van der Waals surface area contributed by atoms with Gasteiger partial charge in [-0.25, -0.2) is 4.98 Å². The Kier molecular flexibility index (Phi) is 4.00. The maximum atomic E-state index is 10.7. The number of rotatable bonds is 6. The van der Waals surface area contributed by atoms with Crippen LogP contribution in [0.1, 0.15) is 49.0 Å². The molecule has 1 aromatic heterocycles. The van der Waals surface area contributed by atoms with E-state index in [9.17, 15) is 4.79 Å². The molecule has 1 aliphatic carbocycles. The molecule has 1 aliphatic rings. The molecule has 98 valence electrons. The summed E-state index contributed by atoms with van der Waals surface area (Å²) in [5.41, 5.74) is 1.77. The van der Waals surface area contributed by atoms with Crippen molar-refractivity contribution < 1.29 is 4.79 Å². The van der Waals surface area contributed by atoms with Gasteiger partial charge in [0.05, 0.1) is 0 Å². The highest BCUT2D eigenvalue weighted by molar-refractivity contribution is 5.75. The lowest BCUT2D eigenvalue weighted by Crippen LogP contribution is -2.29. The Morgan fingerprint density at radius 2 is 2.22 bits per heavy atom. The average molecular weight is 246 g/mol. The van der Waals surface area contributed by atoms with E-state index in [4.69, 9.17) is 0 Å². The van der Waals surface area contributed by atoms with Crippen LogP contribution in [0.5, 0.6) is 0 Å². The number of aldehydes is 1. The Morgan fingerprint density at radius 3 is 2.72 bits per heavy atom. The number of pyridine rings is 1. The first-order chi connectivity index (χ1) is 8.61. The highest BCUT2D eigenvalue weighted by Crippen LogP contribution is 2.32. The summed E-state index contributed by atoms with van der Waals surface area (Å²) in [6.45, 7) is 7.61. The van der Waals surface area contributed by atoms with Gasteiger partial charge in [0.25, 0.3) is 0 Å². The molecule has 18 heavy (non-hydrogen) atoms. The molecule has 0 bridgehead atoms. The summed E-state index contributed by atoms with van der Waals surface area (Å²) < 4.78 is 0. The van der Waals surface area contributed by atoms with Gasteiger partial charge < -0.3 is 4.90 Å². The third-order valence-corrected chi connectivity index (χ3v) is 3.41. The molecule has 1 fully saturated rings. The standard InChI is InChI=1S/C15H22N2O/c1-11(2)6-7-17(14-4-5-14)15-12(3)8-13(10-18)9-16-15/h8-11,14H,4-7H2,1-3H3. The predicted octanol–water partition coefficient (Wildman–Crippen LogP) is 3.22. The maximum Gasteiger partial charge on any atom is 0.151 e. The second-order valence-electron chi connectivity index (χ2n) is 5.63. The molecule has 0 N–H and O–H groups in total. The van der Waals surface area contributed by atoms with E-state index in [1.165, 1.54) is 19.3 Å². The van der Waals surface area contributed by atoms with Gasteiger partial charge in [0.2, 0.25) is 0 Å². The topological polar surface area (TPSA) is 33.2 Å². The maximum absolute atomic E-state index is 10.7. The molecule has 0 saturated heterocycles. The highest BCUT2D eigenvalue weighted by atomic mass is 16.1. The molecule has 0 atom stereocenters. The van der Waals surface area contributed by atoms with Gasteiger partial charge in [-0.2, -0.15) is 0 Å². The van der Waals surface area contributed by atoms with Crippen molar-refractivity contribution in [3.05, 3.63) is 23.4 Å². The molecule has 3 nitrogen and oxygen atoms in total. The highest BCUT2D eigenvalue weighted by Gasteiger charge is 2.30. The normalized spacial score (nSPS) is 14.9. The van der Waals surface area contributed by atoms with Crippen LogP contribution in [-0.2, 0) is 0 Å². The summed E-state index contributed by atoms with van der Waals surface area (Å²) in [5, 5.41) is 0. The van der Waals surface area contributed by atoms with E-state index >= 15 is 0 Å². The second-order valence-corrected chi connectivity index (χ2v) is 5.63. The minimum absolute atomic E-state index is 0.663. The van der Waals surface area contributed by atoms with Gasteiger partial charge in [-0.3, -0.25) is 4.79 Å². The Balaban J connectivity index is 2.17. The summed E-state index contributed by atoms with van der Waals surface area (Å²) in [7, 11) is 0. The van der Waals surface area contributed by atoms with Crippen molar-refractivity contribution in [2.45, 2.75) is 46.1 Å². The van der Waals surface area contributed by atoms with Gasteiger partial charge in [-0.1, -0.05) is 13.8 Å². The number of hydrogen-bond acceptors (Lipinski definition) is 3. The van der Waals surface area contributed by atoms with Gasteiger partial charge in [-0.05, 0) is 43.7 Å². The van der Waals surface area contributed by atoms with Crippen molar-refractivity contribution >= 4 is 12.1 Å². The van der Waals surface area contributed by atoms with Crippen molar-refractivity contribution in [1.29, 1.82) is 0 Å². The van der Waals surface area contributed by atoms with Crippen LogP contribution in [-0.4, -0.2) is 23.9 Å². The molecule has 1 heterocycles. The van der Waals surface area contributed by atoms with Gasteiger partial charge >= 0.3 is 0 Å². The van der Waals surface area contributed by atoms with Crippen LogP contribution >= 0.6 is 0 Å². The van der Waals surface area contributed by atoms with Crippen molar-refractivity contribution in [3.8, 4) is 0 Å². The molecule has 2 rings (SSSR count). The summed E-state index contributed by atoms with van der Waals surface area (Å²) in [5.74, 6) is 1.77. The summed E-state index contributed by atoms with van der Waals surface area (Å²) >= 11 is 0. The van der Waals surface area contributed by atoms with Crippen molar-refractivity contribution in [2.24, 2.45) is 5.92 Å². The molecule has 0 amide bonds. The van der Waals surface area contributed by atoms with Crippen LogP contribution in [0, 0.1) is 12.8 Å². The van der Waals surface area contributed by atoms with Crippen molar-refractivity contribution in [1.82, 2.24) is 4.98 Å². The lowest BCUT2D eigenvalue weighted by atomic mass is 10.1. The zero-order valence-electron chi connectivity index (χ0n) is 11.5. The lowest BCUT2D eigenvalue weighted by molar-refractivity contribution is 0.112. The van der Waals surface area contributed by atoms with Gasteiger partial charge in [0, 0.05) is 24.3 Å². The number of carbonyl (C=O) groups is 1. The van der Waals surface area contributed by atoms with Gasteiger partial charge in [0.1, 0.15) is 5.82 Å². The smallest absolute Gasteiger partial charge is 0.151 e. The Hall–Kier alpha value is -1.38. The Bertz CT molecular complexity index is 425. The molecular formula is C15H22N2O. The minimum Gasteiger partial charge on any atom is -0.353 e. The number of hydrogen-bond donors (Lipinski definition) is 0. The van der Waals surface area contributed by atoms with Crippen LogP contribution in [0.25, 0.3) is 0 Å². The fraction of sp³-hybridized carbons (Fsp3) is 0.600. The molecule has 1 aromatic rings. The minimum atomic E-state index is 0.663. The first-order valence-corrected chi connectivity index (χ1v) is 6.80. The van der Waals surface area contributed by atoms with Crippen LogP contribution in [0.3, 0.4) is 0 Å². The molecule has 0 spiro atoms. The average Bonchev–Trinajstić information content (AvgIpc) is 3.15.